The highest BCUT2D eigenvalue weighted by Gasteiger charge is 2.56. The summed E-state index contributed by atoms with van der Waals surface area (Å²) in [5.74, 6) is 2.59. The van der Waals surface area contributed by atoms with Gasteiger partial charge in [0, 0.05) is 18.8 Å². The predicted molar refractivity (Wildman–Crippen MR) is 87.6 cm³/mol. The lowest BCUT2D eigenvalue weighted by atomic mass is 9.54. The molecular weight excluding hydrogens is 288 g/mol. The molecule has 0 unspecified atom stereocenters. The lowest BCUT2D eigenvalue weighted by Gasteiger charge is -2.51. The van der Waals surface area contributed by atoms with Gasteiger partial charge in [0.25, 0.3) is 0 Å². The summed E-state index contributed by atoms with van der Waals surface area (Å²) in [7, 11) is 0. The molecule has 2 saturated carbocycles. The molecule has 0 spiro atoms. The molecule has 0 amide bonds. The van der Waals surface area contributed by atoms with Crippen molar-refractivity contribution < 1.29 is 14.3 Å². The molecule has 23 heavy (non-hydrogen) atoms. The van der Waals surface area contributed by atoms with Gasteiger partial charge in [-0.05, 0) is 67.4 Å². The van der Waals surface area contributed by atoms with Crippen molar-refractivity contribution in [2.75, 3.05) is 0 Å². The van der Waals surface area contributed by atoms with Gasteiger partial charge < -0.3 is 4.74 Å². The molecular formula is C20H26O3. The van der Waals surface area contributed by atoms with E-state index < -0.39 is 0 Å². The van der Waals surface area contributed by atoms with E-state index in [9.17, 15) is 9.59 Å². The first-order chi connectivity index (χ1) is 11.0. The van der Waals surface area contributed by atoms with Crippen molar-refractivity contribution in [1.29, 1.82) is 0 Å². The Morgan fingerprint density at radius 3 is 2.87 bits per heavy atom. The van der Waals surface area contributed by atoms with Crippen LogP contribution in [-0.2, 0) is 14.3 Å². The third-order valence-electron chi connectivity index (χ3n) is 7.09. The zero-order valence-corrected chi connectivity index (χ0v) is 14.1. The summed E-state index contributed by atoms with van der Waals surface area (Å²) in [6, 6.07) is 0. The molecule has 0 N–H and O–H groups in total. The minimum atomic E-state index is -0.144. The van der Waals surface area contributed by atoms with Gasteiger partial charge in [-0.3, -0.25) is 9.59 Å². The number of hydrogen-bond donors (Lipinski definition) is 0. The summed E-state index contributed by atoms with van der Waals surface area (Å²) in [4.78, 5) is 23.1. The van der Waals surface area contributed by atoms with E-state index in [1.807, 2.05) is 6.08 Å². The maximum atomic E-state index is 11.7. The molecule has 3 nitrogen and oxygen atoms in total. The van der Waals surface area contributed by atoms with Crippen LogP contribution in [0.15, 0.2) is 23.8 Å². The quantitative estimate of drug-likeness (QED) is 0.691. The molecule has 0 aliphatic heterocycles. The second-order valence-corrected chi connectivity index (χ2v) is 8.18. The second-order valence-electron chi connectivity index (χ2n) is 8.18. The SMILES string of the molecule is CC(=O)O[C@H]1CC[C@H]2[C@@H]3C=CC4=CC(=O)CC[C@@H]4[C@H]3CC[C@]12C. The molecule has 2 fully saturated rings. The third kappa shape index (κ3) is 2.31. The molecule has 4 rings (SSSR count). The molecule has 0 aromatic carbocycles. The van der Waals surface area contributed by atoms with Gasteiger partial charge in [-0.1, -0.05) is 19.1 Å². The lowest BCUT2D eigenvalue weighted by molar-refractivity contribution is -0.155. The molecule has 0 saturated heterocycles. The van der Waals surface area contributed by atoms with Crippen LogP contribution in [0.3, 0.4) is 0 Å². The molecule has 3 heteroatoms. The average Bonchev–Trinajstić information content (AvgIpc) is 2.83. The van der Waals surface area contributed by atoms with Crippen LogP contribution in [-0.4, -0.2) is 17.9 Å². The standard InChI is InChI=1S/C20H26O3/c1-12(21)23-19-8-7-18-17-5-3-13-11-14(22)4-6-15(13)16(17)9-10-20(18,19)2/h3,5,11,15-19H,4,6-10H2,1-2H3/t15-,16+,17+,18-,19-,20-/m0/s1. The Morgan fingerprint density at radius 2 is 2.09 bits per heavy atom. The number of carbonyl (C=O) groups is 2. The zero-order valence-electron chi connectivity index (χ0n) is 14.1. The number of ether oxygens (including phenoxy) is 1. The largest absolute Gasteiger partial charge is 0.462 e. The van der Waals surface area contributed by atoms with E-state index in [1.165, 1.54) is 18.9 Å². The van der Waals surface area contributed by atoms with Crippen molar-refractivity contribution >= 4 is 11.8 Å². The first-order valence-electron chi connectivity index (χ1n) is 9.09. The number of esters is 1. The Kier molecular flexibility index (Phi) is 3.51. The van der Waals surface area contributed by atoms with Crippen molar-refractivity contribution in [2.45, 2.75) is 58.5 Å². The van der Waals surface area contributed by atoms with Crippen LogP contribution in [0.2, 0.25) is 0 Å². The van der Waals surface area contributed by atoms with Gasteiger partial charge >= 0.3 is 5.97 Å². The zero-order chi connectivity index (χ0) is 16.2. The van der Waals surface area contributed by atoms with Crippen molar-refractivity contribution in [3.63, 3.8) is 0 Å². The average molecular weight is 314 g/mol. The van der Waals surface area contributed by atoms with Crippen LogP contribution in [0.4, 0.5) is 0 Å². The summed E-state index contributed by atoms with van der Waals surface area (Å²) in [5.41, 5.74) is 1.39. The molecule has 0 aromatic rings. The second kappa shape index (κ2) is 5.32. The van der Waals surface area contributed by atoms with Crippen LogP contribution >= 0.6 is 0 Å². The first-order valence-corrected chi connectivity index (χ1v) is 9.09. The number of ketones is 1. The van der Waals surface area contributed by atoms with Gasteiger partial charge in [0.15, 0.2) is 5.78 Å². The smallest absolute Gasteiger partial charge is 0.302 e. The molecule has 6 atom stereocenters. The van der Waals surface area contributed by atoms with Crippen molar-refractivity contribution in [1.82, 2.24) is 0 Å². The summed E-state index contributed by atoms with van der Waals surface area (Å²) in [5, 5.41) is 0. The van der Waals surface area contributed by atoms with Gasteiger partial charge in [0.2, 0.25) is 0 Å². The van der Waals surface area contributed by atoms with Crippen molar-refractivity contribution in [2.24, 2.45) is 29.1 Å². The van der Waals surface area contributed by atoms with Crippen LogP contribution in [0.5, 0.6) is 0 Å². The molecule has 4 aliphatic carbocycles. The molecule has 0 heterocycles. The van der Waals surface area contributed by atoms with Crippen LogP contribution < -0.4 is 0 Å². The van der Waals surface area contributed by atoms with E-state index in [1.54, 1.807) is 0 Å². The Balaban J connectivity index is 1.62. The number of carbonyl (C=O) groups excluding carboxylic acids is 2. The Labute approximate surface area is 138 Å². The fourth-order valence-electron chi connectivity index (χ4n) is 6.00. The van der Waals surface area contributed by atoms with E-state index in [0.717, 1.165) is 25.7 Å². The summed E-state index contributed by atoms with van der Waals surface area (Å²) in [6.45, 7) is 3.86. The Morgan fingerprint density at radius 1 is 1.26 bits per heavy atom. The van der Waals surface area contributed by atoms with E-state index in [2.05, 4.69) is 19.1 Å². The van der Waals surface area contributed by atoms with Crippen LogP contribution in [0.25, 0.3) is 0 Å². The minimum Gasteiger partial charge on any atom is -0.462 e. The maximum absolute atomic E-state index is 11.7. The van der Waals surface area contributed by atoms with E-state index in [4.69, 9.17) is 4.74 Å². The summed E-state index contributed by atoms with van der Waals surface area (Å²) < 4.78 is 5.67. The lowest BCUT2D eigenvalue weighted by Crippen LogP contribution is -2.47. The monoisotopic (exact) mass is 314 g/mol. The number of allylic oxidation sites excluding steroid dienone is 4. The Hall–Kier alpha value is -1.38. The van der Waals surface area contributed by atoms with Crippen LogP contribution in [0.1, 0.15) is 52.4 Å². The number of fused-ring (bicyclic) bond motifs is 5. The van der Waals surface area contributed by atoms with Gasteiger partial charge in [0.05, 0.1) is 0 Å². The van der Waals surface area contributed by atoms with Gasteiger partial charge in [0.1, 0.15) is 6.10 Å². The van der Waals surface area contributed by atoms with E-state index >= 15 is 0 Å². The number of rotatable bonds is 1. The molecule has 4 aliphatic rings. The van der Waals surface area contributed by atoms with Crippen LogP contribution in [0, 0.1) is 29.1 Å². The molecule has 124 valence electrons. The minimum absolute atomic E-state index is 0.0872. The van der Waals surface area contributed by atoms with Gasteiger partial charge in [-0.2, -0.15) is 0 Å². The van der Waals surface area contributed by atoms with Gasteiger partial charge in [-0.15, -0.1) is 0 Å². The fraction of sp³-hybridized carbons (Fsp3) is 0.700. The predicted octanol–water partition coefficient (Wildman–Crippen LogP) is 3.84. The highest BCUT2D eigenvalue weighted by molar-refractivity contribution is 5.91. The highest BCUT2D eigenvalue weighted by atomic mass is 16.5. The molecule has 0 aromatic heterocycles. The number of hydrogen-bond acceptors (Lipinski definition) is 3. The summed E-state index contributed by atoms with van der Waals surface area (Å²) in [6.07, 6.45) is 12.8. The highest BCUT2D eigenvalue weighted by Crippen LogP contribution is 2.60. The fourth-order valence-corrected chi connectivity index (χ4v) is 6.00. The molecule has 0 bridgehead atoms. The van der Waals surface area contributed by atoms with E-state index in [0.29, 0.717) is 30.1 Å². The topological polar surface area (TPSA) is 43.4 Å². The van der Waals surface area contributed by atoms with Crippen molar-refractivity contribution in [3.8, 4) is 0 Å². The Bertz CT molecular complexity index is 602. The van der Waals surface area contributed by atoms with E-state index in [-0.39, 0.29) is 23.3 Å². The normalized spacial score (nSPS) is 44.9. The molecule has 0 radical (unpaired) electrons. The maximum Gasteiger partial charge on any atom is 0.302 e. The van der Waals surface area contributed by atoms with Crippen molar-refractivity contribution in [3.05, 3.63) is 23.8 Å². The third-order valence-corrected chi connectivity index (χ3v) is 7.09. The van der Waals surface area contributed by atoms with Gasteiger partial charge in [-0.25, -0.2) is 0 Å². The first kappa shape index (κ1) is 15.2. The summed E-state index contributed by atoms with van der Waals surface area (Å²) >= 11 is 0.